The molecule has 0 saturated carbocycles. The number of piperidine rings is 2. The van der Waals surface area contributed by atoms with Crippen LogP contribution in [0, 0.1) is 17.8 Å². The van der Waals surface area contributed by atoms with Gasteiger partial charge in [0.2, 0.25) is 5.91 Å². The van der Waals surface area contributed by atoms with E-state index in [9.17, 15) is 19.5 Å². The van der Waals surface area contributed by atoms with E-state index in [0.717, 1.165) is 37.4 Å². The fourth-order valence-electron chi connectivity index (χ4n) is 4.55. The molecule has 2 fully saturated rings. The van der Waals surface area contributed by atoms with Crippen molar-refractivity contribution in [1.29, 1.82) is 0 Å². The van der Waals surface area contributed by atoms with Crippen LogP contribution in [-0.2, 0) is 20.8 Å². The van der Waals surface area contributed by atoms with Gasteiger partial charge in [0.1, 0.15) is 0 Å². The van der Waals surface area contributed by atoms with Crippen molar-refractivity contribution in [3.05, 3.63) is 22.4 Å². The van der Waals surface area contributed by atoms with Crippen molar-refractivity contribution in [2.75, 3.05) is 32.7 Å². The van der Waals surface area contributed by atoms with Crippen LogP contribution < -0.4 is 0 Å². The van der Waals surface area contributed by atoms with Gasteiger partial charge < -0.3 is 20.0 Å². The molecule has 0 aromatic carbocycles. The van der Waals surface area contributed by atoms with Crippen LogP contribution in [0.1, 0.15) is 37.0 Å². The molecule has 3 rings (SSSR count). The summed E-state index contributed by atoms with van der Waals surface area (Å²) in [7, 11) is 0. The molecule has 2 aliphatic rings. The Balaban J connectivity index is 1.54. The first-order valence-corrected chi connectivity index (χ1v) is 11.3. The molecule has 1 aromatic rings. The highest BCUT2D eigenvalue weighted by molar-refractivity contribution is 7.10. The summed E-state index contributed by atoms with van der Waals surface area (Å²) in [6.07, 6.45) is 3.48. The maximum Gasteiger partial charge on any atom is 0.306 e. The zero-order valence-corrected chi connectivity index (χ0v) is 17.5. The Hall–Kier alpha value is -1.93. The third kappa shape index (κ3) is 6.27. The van der Waals surface area contributed by atoms with Gasteiger partial charge in [0, 0.05) is 24.4 Å². The van der Waals surface area contributed by atoms with Gasteiger partial charge in [-0.2, -0.15) is 0 Å². The molecule has 2 atom stereocenters. The molecule has 0 spiro atoms. The number of carboxylic acid groups (broad SMARTS) is 2. The Bertz CT molecular complexity index is 700. The largest absolute Gasteiger partial charge is 0.481 e. The van der Waals surface area contributed by atoms with Gasteiger partial charge in [-0.25, -0.2) is 0 Å². The summed E-state index contributed by atoms with van der Waals surface area (Å²) >= 11 is 1.58. The molecular weight excluding hydrogens is 392 g/mol. The number of thiophene rings is 1. The minimum atomic E-state index is -0.777. The van der Waals surface area contributed by atoms with E-state index in [1.165, 1.54) is 0 Å². The van der Waals surface area contributed by atoms with Gasteiger partial charge in [-0.15, -0.1) is 11.3 Å². The molecule has 7 nitrogen and oxygen atoms in total. The first-order valence-electron chi connectivity index (χ1n) is 10.4. The van der Waals surface area contributed by atoms with E-state index in [4.69, 9.17) is 5.11 Å². The summed E-state index contributed by atoms with van der Waals surface area (Å²) in [5.41, 5.74) is 0. The molecule has 3 heterocycles. The lowest BCUT2D eigenvalue weighted by Crippen LogP contribution is -2.46. The fourth-order valence-corrected chi connectivity index (χ4v) is 5.25. The lowest BCUT2D eigenvalue weighted by Gasteiger charge is -2.39. The van der Waals surface area contributed by atoms with Crippen LogP contribution >= 0.6 is 11.3 Å². The fraction of sp³-hybridized carbons (Fsp3) is 0.667. The SMILES string of the molecule is O=C(O)CC1CCN(C(=O)Cc2cccs2)CC1CCN1CCC(C(=O)O)CC1. The lowest BCUT2D eigenvalue weighted by atomic mass is 9.80. The molecule has 1 amide bonds. The van der Waals surface area contributed by atoms with Gasteiger partial charge in [-0.1, -0.05) is 6.07 Å². The Morgan fingerprint density at radius 1 is 1.07 bits per heavy atom. The van der Waals surface area contributed by atoms with Crippen LogP contribution in [0.4, 0.5) is 0 Å². The average molecular weight is 423 g/mol. The number of hydrogen-bond acceptors (Lipinski definition) is 5. The maximum atomic E-state index is 12.7. The molecule has 0 bridgehead atoms. The quantitative estimate of drug-likeness (QED) is 0.668. The first-order chi connectivity index (χ1) is 13.9. The third-order valence-electron chi connectivity index (χ3n) is 6.34. The second-order valence-electron chi connectivity index (χ2n) is 8.25. The van der Waals surface area contributed by atoms with Crippen LogP contribution in [0.25, 0.3) is 0 Å². The van der Waals surface area contributed by atoms with Gasteiger partial charge in [0.15, 0.2) is 0 Å². The molecular formula is C21H30N2O5S. The van der Waals surface area contributed by atoms with Crippen molar-refractivity contribution >= 4 is 29.2 Å². The van der Waals surface area contributed by atoms with E-state index >= 15 is 0 Å². The molecule has 29 heavy (non-hydrogen) atoms. The van der Waals surface area contributed by atoms with Crippen molar-refractivity contribution in [2.24, 2.45) is 17.8 Å². The van der Waals surface area contributed by atoms with Crippen molar-refractivity contribution in [3.63, 3.8) is 0 Å². The number of hydrogen-bond donors (Lipinski definition) is 2. The highest BCUT2D eigenvalue weighted by Gasteiger charge is 2.33. The summed E-state index contributed by atoms with van der Waals surface area (Å²) in [6.45, 7) is 3.62. The Morgan fingerprint density at radius 2 is 1.83 bits per heavy atom. The van der Waals surface area contributed by atoms with E-state index in [0.29, 0.717) is 32.4 Å². The van der Waals surface area contributed by atoms with Crippen LogP contribution in [-0.4, -0.2) is 70.6 Å². The molecule has 0 radical (unpaired) electrons. The second kappa shape index (κ2) is 10.2. The second-order valence-corrected chi connectivity index (χ2v) is 9.28. The number of amides is 1. The molecule has 8 heteroatoms. The Kier molecular flexibility index (Phi) is 7.66. The molecule has 2 saturated heterocycles. The van der Waals surface area contributed by atoms with Gasteiger partial charge in [-0.05, 0) is 68.6 Å². The summed E-state index contributed by atoms with van der Waals surface area (Å²) in [6, 6.07) is 3.92. The van der Waals surface area contributed by atoms with Crippen molar-refractivity contribution in [3.8, 4) is 0 Å². The highest BCUT2D eigenvalue weighted by Crippen LogP contribution is 2.30. The smallest absolute Gasteiger partial charge is 0.306 e. The normalized spacial score (nSPS) is 23.8. The van der Waals surface area contributed by atoms with Gasteiger partial charge >= 0.3 is 11.9 Å². The molecule has 160 valence electrons. The monoisotopic (exact) mass is 422 g/mol. The van der Waals surface area contributed by atoms with Gasteiger partial charge in [0.05, 0.1) is 12.3 Å². The van der Waals surface area contributed by atoms with E-state index in [1.807, 2.05) is 22.4 Å². The summed E-state index contributed by atoms with van der Waals surface area (Å²) in [5, 5.41) is 20.4. The summed E-state index contributed by atoms with van der Waals surface area (Å²) in [5.74, 6) is -1.35. The lowest BCUT2D eigenvalue weighted by molar-refractivity contribution is -0.143. The third-order valence-corrected chi connectivity index (χ3v) is 7.22. The maximum absolute atomic E-state index is 12.7. The van der Waals surface area contributed by atoms with E-state index in [2.05, 4.69) is 4.90 Å². The zero-order valence-electron chi connectivity index (χ0n) is 16.7. The average Bonchev–Trinajstić information content (AvgIpc) is 3.20. The molecule has 2 aliphatic heterocycles. The molecule has 2 unspecified atom stereocenters. The van der Waals surface area contributed by atoms with E-state index < -0.39 is 11.9 Å². The first kappa shape index (κ1) is 21.8. The minimum Gasteiger partial charge on any atom is -0.481 e. The van der Waals surface area contributed by atoms with Gasteiger partial charge in [0.25, 0.3) is 0 Å². The zero-order chi connectivity index (χ0) is 20.8. The number of rotatable bonds is 8. The number of nitrogens with zero attached hydrogens (tertiary/aromatic N) is 2. The predicted molar refractivity (Wildman–Crippen MR) is 110 cm³/mol. The Morgan fingerprint density at radius 3 is 2.45 bits per heavy atom. The van der Waals surface area contributed by atoms with Crippen molar-refractivity contribution in [2.45, 2.75) is 38.5 Å². The number of carboxylic acids is 2. The minimum absolute atomic E-state index is 0.0925. The van der Waals surface area contributed by atoms with E-state index in [-0.39, 0.29) is 30.1 Å². The summed E-state index contributed by atoms with van der Waals surface area (Å²) in [4.78, 5) is 40.4. The van der Waals surface area contributed by atoms with Crippen molar-refractivity contribution in [1.82, 2.24) is 9.80 Å². The van der Waals surface area contributed by atoms with Crippen LogP contribution in [0.3, 0.4) is 0 Å². The molecule has 0 aliphatic carbocycles. The topological polar surface area (TPSA) is 98.2 Å². The Labute approximate surface area is 175 Å². The number of likely N-dealkylation sites (tertiary alicyclic amines) is 2. The number of aliphatic carboxylic acids is 2. The molecule has 2 N–H and O–H groups in total. The van der Waals surface area contributed by atoms with Crippen molar-refractivity contribution < 1.29 is 24.6 Å². The van der Waals surface area contributed by atoms with Gasteiger partial charge in [-0.3, -0.25) is 14.4 Å². The number of carbonyl (C=O) groups excluding carboxylic acids is 1. The number of carbonyl (C=O) groups is 3. The summed E-state index contributed by atoms with van der Waals surface area (Å²) < 4.78 is 0. The highest BCUT2D eigenvalue weighted by atomic mass is 32.1. The van der Waals surface area contributed by atoms with Crippen LogP contribution in [0.5, 0.6) is 0 Å². The standard InChI is InChI=1S/C21H30N2O5S/c24-19(13-18-2-1-11-29-18)23-10-6-16(12-20(25)26)17(14-23)5-9-22-7-3-15(4-8-22)21(27)28/h1-2,11,15-17H,3-10,12-14H2,(H,25,26)(H,27,28). The van der Waals surface area contributed by atoms with Crippen LogP contribution in [0.2, 0.25) is 0 Å². The molecule has 1 aromatic heterocycles. The van der Waals surface area contributed by atoms with E-state index in [1.54, 1.807) is 11.3 Å². The predicted octanol–water partition coefficient (Wildman–Crippen LogP) is 2.42. The van der Waals surface area contributed by atoms with Crippen LogP contribution in [0.15, 0.2) is 17.5 Å².